The number of thioether (sulfide) groups is 1. The molecular formula is C35H42F7N3O2SSi. The third-order valence-corrected chi connectivity index (χ3v) is 15.2. The molecule has 14 heteroatoms. The van der Waals surface area contributed by atoms with E-state index in [4.69, 9.17) is 9.41 Å². The van der Waals surface area contributed by atoms with Gasteiger partial charge in [-0.3, -0.25) is 4.79 Å². The van der Waals surface area contributed by atoms with E-state index in [1.54, 1.807) is 30.8 Å². The molecule has 1 amide bonds. The van der Waals surface area contributed by atoms with Gasteiger partial charge in [0.15, 0.2) is 8.32 Å². The number of hydrogen-bond donors (Lipinski definition) is 0. The fourth-order valence-electron chi connectivity index (χ4n) is 5.37. The molecule has 1 aliphatic rings. The number of hydrogen-bond acceptors (Lipinski definition) is 5. The Balaban J connectivity index is 1.78. The molecule has 2 heterocycles. The number of amides is 1. The van der Waals surface area contributed by atoms with Crippen LogP contribution >= 0.6 is 11.8 Å². The highest BCUT2D eigenvalue weighted by Crippen LogP contribution is 2.42. The molecule has 3 aromatic rings. The minimum Gasteiger partial charge on any atom is -0.415 e. The lowest BCUT2D eigenvalue weighted by Gasteiger charge is -2.38. The first-order valence-electron chi connectivity index (χ1n) is 15.7. The lowest BCUT2D eigenvalue weighted by atomic mass is 9.81. The van der Waals surface area contributed by atoms with Crippen LogP contribution in [0.1, 0.15) is 56.9 Å². The zero-order chi connectivity index (χ0) is 36.9. The highest BCUT2D eigenvalue weighted by molar-refractivity contribution is 7.99. The molecule has 5 nitrogen and oxygen atoms in total. The van der Waals surface area contributed by atoms with Gasteiger partial charge in [0.2, 0.25) is 5.91 Å². The molecule has 2 aromatic carbocycles. The molecule has 49 heavy (non-hydrogen) atoms. The Morgan fingerprint density at radius 3 is 2.04 bits per heavy atom. The number of carbonyl (C=O) groups is 1. The fraction of sp³-hybridized carbons (Fsp3) is 0.486. The molecule has 0 radical (unpaired) electrons. The molecule has 0 N–H and O–H groups in total. The van der Waals surface area contributed by atoms with Crippen molar-refractivity contribution in [1.82, 2.24) is 4.98 Å². The Kier molecular flexibility index (Phi) is 10.7. The SMILES string of the molecule is Cc1cc(F)ccc1-c1cc(N2CSCC2CO[Si](C)(C)C(C)(C)C)ncc1N(C)C(=O)C(C)(C)c1cc(C(F)(F)F)cc(C(F)(F)F)c1. The van der Waals surface area contributed by atoms with Crippen molar-refractivity contribution in [3.8, 4) is 11.1 Å². The van der Waals surface area contributed by atoms with Crippen LogP contribution in [0.2, 0.25) is 18.1 Å². The van der Waals surface area contributed by atoms with Crippen LogP contribution in [0, 0.1) is 12.7 Å². The average molecular weight is 730 g/mol. The van der Waals surface area contributed by atoms with Gasteiger partial charge in [-0.05, 0) is 92.0 Å². The van der Waals surface area contributed by atoms with E-state index >= 15 is 0 Å². The maximum atomic E-state index is 14.2. The number of anilines is 2. The molecule has 0 spiro atoms. The Morgan fingerprint density at radius 1 is 0.939 bits per heavy atom. The summed E-state index contributed by atoms with van der Waals surface area (Å²) < 4.78 is 103. The van der Waals surface area contributed by atoms with Gasteiger partial charge < -0.3 is 14.2 Å². The van der Waals surface area contributed by atoms with Crippen molar-refractivity contribution < 1.29 is 40.0 Å². The van der Waals surface area contributed by atoms with Crippen LogP contribution in [-0.4, -0.2) is 50.5 Å². The van der Waals surface area contributed by atoms with Crippen LogP contribution in [0.4, 0.5) is 42.2 Å². The summed E-state index contributed by atoms with van der Waals surface area (Å²) in [4.78, 5) is 22.1. The molecule has 0 bridgehead atoms. The molecule has 0 saturated carbocycles. The Bertz CT molecular complexity index is 1670. The minimum atomic E-state index is -5.07. The summed E-state index contributed by atoms with van der Waals surface area (Å²) in [5.74, 6) is 0.772. The van der Waals surface area contributed by atoms with Crippen molar-refractivity contribution in [2.75, 3.05) is 35.1 Å². The first-order chi connectivity index (χ1) is 22.3. The third kappa shape index (κ3) is 8.28. The molecule has 1 saturated heterocycles. The lowest BCUT2D eigenvalue weighted by Crippen LogP contribution is -2.45. The van der Waals surface area contributed by atoms with Crippen LogP contribution < -0.4 is 9.80 Å². The number of alkyl halides is 6. The quantitative estimate of drug-likeness (QED) is 0.171. The topological polar surface area (TPSA) is 45.7 Å². The molecular weight excluding hydrogens is 688 g/mol. The second-order valence-electron chi connectivity index (χ2n) is 14.5. The third-order valence-electron chi connectivity index (χ3n) is 9.58. The van der Waals surface area contributed by atoms with Gasteiger partial charge in [0.25, 0.3) is 0 Å². The van der Waals surface area contributed by atoms with E-state index in [9.17, 15) is 35.5 Å². The van der Waals surface area contributed by atoms with Crippen molar-refractivity contribution in [2.45, 2.75) is 83.5 Å². The monoisotopic (exact) mass is 729 g/mol. The van der Waals surface area contributed by atoms with E-state index in [-0.39, 0.29) is 22.8 Å². The largest absolute Gasteiger partial charge is 0.416 e. The van der Waals surface area contributed by atoms with E-state index in [2.05, 4.69) is 38.8 Å². The number of aryl methyl sites for hydroxylation is 1. The van der Waals surface area contributed by atoms with Crippen LogP contribution in [0.5, 0.6) is 0 Å². The zero-order valence-corrected chi connectivity index (χ0v) is 30.8. The standard InChI is InChI=1S/C35H42F7N3O2SSi/c1-21-12-25(36)10-11-27(21)28-16-30(45-20-48-19-26(45)18-47-49(8,9)32(2,3)4)43-17-29(28)44(7)31(46)33(5,6)22-13-23(34(37,38)39)15-24(14-22)35(40,41)42/h10-17,26H,18-20H2,1-9H3. The summed E-state index contributed by atoms with van der Waals surface area (Å²) in [7, 11) is -0.659. The highest BCUT2D eigenvalue weighted by Gasteiger charge is 2.42. The molecule has 1 atom stereocenters. The van der Waals surface area contributed by atoms with Gasteiger partial charge in [-0.1, -0.05) is 26.8 Å². The second kappa shape index (κ2) is 13.6. The Labute approximate surface area is 288 Å². The number of halogens is 7. The van der Waals surface area contributed by atoms with Crippen molar-refractivity contribution >= 4 is 37.5 Å². The maximum absolute atomic E-state index is 14.2. The molecule has 268 valence electrons. The molecule has 1 aliphatic heterocycles. The van der Waals surface area contributed by atoms with Gasteiger partial charge in [0.1, 0.15) is 11.6 Å². The van der Waals surface area contributed by atoms with E-state index in [1.165, 1.54) is 44.1 Å². The van der Waals surface area contributed by atoms with Crippen LogP contribution in [0.25, 0.3) is 11.1 Å². The van der Waals surface area contributed by atoms with E-state index < -0.39 is 54.5 Å². The Morgan fingerprint density at radius 2 is 1.51 bits per heavy atom. The summed E-state index contributed by atoms with van der Waals surface area (Å²) in [6.45, 7) is 15.6. The molecule has 4 rings (SSSR count). The number of aromatic nitrogens is 1. The highest BCUT2D eigenvalue weighted by atomic mass is 32.2. The predicted octanol–water partition coefficient (Wildman–Crippen LogP) is 10.1. The van der Waals surface area contributed by atoms with Gasteiger partial charge in [0.05, 0.1) is 47.0 Å². The summed E-state index contributed by atoms with van der Waals surface area (Å²) in [6, 6.07) is 7.15. The lowest BCUT2D eigenvalue weighted by molar-refractivity contribution is -0.143. The first kappa shape index (κ1) is 38.7. The number of pyridine rings is 1. The normalized spacial score (nSPS) is 16.3. The van der Waals surface area contributed by atoms with Gasteiger partial charge in [-0.25, -0.2) is 9.37 Å². The van der Waals surface area contributed by atoms with E-state index in [0.29, 0.717) is 47.1 Å². The summed E-state index contributed by atoms with van der Waals surface area (Å²) >= 11 is 1.72. The minimum absolute atomic E-state index is 0.00155. The summed E-state index contributed by atoms with van der Waals surface area (Å²) in [5, 5.41) is 0.0179. The number of nitrogens with zero attached hydrogens (tertiary/aromatic N) is 3. The maximum Gasteiger partial charge on any atom is 0.416 e. The smallest absolute Gasteiger partial charge is 0.415 e. The van der Waals surface area contributed by atoms with E-state index in [0.717, 1.165) is 5.75 Å². The van der Waals surface area contributed by atoms with Gasteiger partial charge in [0, 0.05) is 18.4 Å². The molecule has 0 aliphatic carbocycles. The predicted molar refractivity (Wildman–Crippen MR) is 184 cm³/mol. The van der Waals surface area contributed by atoms with Crippen LogP contribution in [0.15, 0.2) is 48.7 Å². The Hall–Kier alpha value is -3.10. The second-order valence-corrected chi connectivity index (χ2v) is 20.3. The summed E-state index contributed by atoms with van der Waals surface area (Å²) in [6.07, 6.45) is -8.69. The fourth-order valence-corrected chi connectivity index (χ4v) is 7.60. The average Bonchev–Trinajstić information content (AvgIpc) is 3.46. The van der Waals surface area contributed by atoms with Crippen molar-refractivity contribution in [3.05, 3.63) is 76.7 Å². The van der Waals surface area contributed by atoms with Crippen molar-refractivity contribution in [3.63, 3.8) is 0 Å². The number of carbonyl (C=O) groups excluding carboxylic acids is 1. The zero-order valence-electron chi connectivity index (χ0n) is 29.0. The number of rotatable bonds is 8. The number of benzene rings is 2. The van der Waals surface area contributed by atoms with Gasteiger partial charge in [-0.2, -0.15) is 26.3 Å². The summed E-state index contributed by atoms with van der Waals surface area (Å²) in [5.41, 5.74) is -3.42. The van der Waals surface area contributed by atoms with Gasteiger partial charge in [-0.15, -0.1) is 11.8 Å². The van der Waals surface area contributed by atoms with Crippen LogP contribution in [0.3, 0.4) is 0 Å². The molecule has 1 unspecified atom stereocenters. The van der Waals surface area contributed by atoms with Crippen molar-refractivity contribution in [2.24, 2.45) is 0 Å². The molecule has 1 fully saturated rings. The van der Waals surface area contributed by atoms with Gasteiger partial charge >= 0.3 is 12.4 Å². The number of likely N-dealkylation sites (N-methyl/N-ethyl adjacent to an activating group) is 1. The molecule has 1 aromatic heterocycles. The van der Waals surface area contributed by atoms with Crippen LogP contribution in [-0.2, 0) is 27.0 Å². The van der Waals surface area contributed by atoms with E-state index in [1.807, 2.05) is 0 Å². The first-order valence-corrected chi connectivity index (χ1v) is 19.7. The van der Waals surface area contributed by atoms with Crippen molar-refractivity contribution in [1.29, 1.82) is 0 Å².